The van der Waals surface area contributed by atoms with Crippen LogP contribution >= 0.6 is 0 Å². The summed E-state index contributed by atoms with van der Waals surface area (Å²) in [5, 5.41) is 49.6. The number of imide groups is 2. The monoisotopic (exact) mass is 908 g/mol. The standard InChI is InChI=1S/C46H52N8O12/c1-42(2,3)26-12-10-25(11-13-26)30(33-9-7-19-52(33)46(39(58)50-41(61)62)32-17-15-28(21-35(32)54(65)66)44(46,5)24-37(48)56)22-29-8-6-18-51(29)45(38(57)49-40(59)60)31-16-14-27(20-34(31)53(63)64)43(45,4)23-36(47)55/h10-17,20-22,29,33H,6-9,18-19,23-24H2,1-5H3,(H2,47,55)(H2,48,56)(H,49,57)(H,50,58)(H,59,60)(H,61,62)/t29?,33?,43?,44?,45-,46-/m0/s1. The van der Waals surface area contributed by atoms with E-state index < -0.39 is 104 Å². The quantitative estimate of drug-likeness (QED) is 0.0993. The van der Waals surface area contributed by atoms with Gasteiger partial charge in [0, 0.05) is 61.0 Å². The van der Waals surface area contributed by atoms with Crippen LogP contribution in [0.1, 0.15) is 107 Å². The first-order chi connectivity index (χ1) is 30.9. The molecule has 8 N–H and O–H groups in total. The molecule has 2 aliphatic heterocycles. The first-order valence-electron chi connectivity index (χ1n) is 21.5. The van der Waals surface area contributed by atoms with E-state index in [9.17, 15) is 54.4 Å². The van der Waals surface area contributed by atoms with Gasteiger partial charge >= 0.3 is 12.2 Å². The molecule has 20 nitrogen and oxygen atoms in total. The van der Waals surface area contributed by atoms with Crippen LogP contribution in [0.5, 0.6) is 0 Å². The van der Waals surface area contributed by atoms with E-state index in [2.05, 4.69) is 0 Å². The van der Waals surface area contributed by atoms with Crippen LogP contribution in [0.3, 0.4) is 0 Å². The Morgan fingerprint density at radius 1 is 0.727 bits per heavy atom. The maximum Gasteiger partial charge on any atom is 0.411 e. The molecule has 3 aromatic carbocycles. The predicted molar refractivity (Wildman–Crippen MR) is 237 cm³/mol. The number of amides is 6. The number of carbonyl (C=O) groups excluding carboxylic acids is 4. The van der Waals surface area contributed by atoms with Gasteiger partial charge in [0.05, 0.1) is 21.0 Å². The van der Waals surface area contributed by atoms with Crippen molar-refractivity contribution in [2.24, 2.45) is 11.5 Å². The topological polar surface area (TPSA) is 312 Å². The number of benzene rings is 3. The molecule has 0 aromatic heterocycles. The molecule has 4 unspecified atom stereocenters. The molecule has 3 aromatic rings. The van der Waals surface area contributed by atoms with Gasteiger partial charge in [-0.15, -0.1) is 0 Å². The van der Waals surface area contributed by atoms with Crippen molar-refractivity contribution in [2.75, 3.05) is 13.1 Å². The van der Waals surface area contributed by atoms with Crippen molar-refractivity contribution in [3.05, 3.63) is 120 Å². The van der Waals surface area contributed by atoms with Crippen molar-refractivity contribution in [3.8, 4) is 0 Å². The molecule has 66 heavy (non-hydrogen) atoms. The number of hydrogen-bond acceptors (Lipinski definition) is 12. The van der Waals surface area contributed by atoms with Crippen LogP contribution in [-0.2, 0) is 46.5 Å². The fraction of sp³-hybridized carbons (Fsp3) is 0.435. The minimum atomic E-state index is -2.24. The van der Waals surface area contributed by atoms with Crippen molar-refractivity contribution < 1.29 is 48.8 Å². The average Bonchev–Trinajstić information content (AvgIpc) is 3.89. The predicted octanol–water partition coefficient (Wildman–Crippen LogP) is 4.79. The van der Waals surface area contributed by atoms with Gasteiger partial charge in [-0.2, -0.15) is 0 Å². The SMILES string of the molecule is CC(C)(C)c1ccc(C(=CC2CCCN2[C@]2(C(=O)NC(=O)O)c3ccc(cc3[N+](=O)[O-])C2(C)CC(N)=O)C2CCCN2[C@]2(C(=O)NC(=O)O)c3ccc(cc3[N+](=O)[O-])C2(C)CC(N)=O)cc1. The number of carbonyl (C=O) groups is 6. The molecule has 20 heteroatoms. The third kappa shape index (κ3) is 7.05. The number of nitro groups is 2. The second-order valence-corrected chi connectivity index (χ2v) is 19.1. The molecular formula is C46H52N8O12. The van der Waals surface area contributed by atoms with E-state index in [4.69, 9.17) is 11.5 Å². The van der Waals surface area contributed by atoms with Crippen LogP contribution in [0, 0.1) is 20.2 Å². The molecule has 6 aliphatic rings. The summed E-state index contributed by atoms with van der Waals surface area (Å²) >= 11 is 0. The molecule has 2 saturated heterocycles. The second kappa shape index (κ2) is 16.4. The first kappa shape index (κ1) is 46.9. The van der Waals surface area contributed by atoms with E-state index in [0.717, 1.165) is 5.56 Å². The average molecular weight is 909 g/mol. The Morgan fingerprint density at radius 2 is 1.17 bits per heavy atom. The van der Waals surface area contributed by atoms with Crippen molar-refractivity contribution in [2.45, 2.75) is 113 Å². The number of hydrogen-bond donors (Lipinski definition) is 6. The van der Waals surface area contributed by atoms with Crippen LogP contribution in [0.2, 0.25) is 0 Å². The van der Waals surface area contributed by atoms with Crippen LogP contribution in [0.4, 0.5) is 21.0 Å². The molecule has 0 radical (unpaired) electrons. The van der Waals surface area contributed by atoms with Crippen molar-refractivity contribution >= 4 is 52.8 Å². The summed E-state index contributed by atoms with van der Waals surface area (Å²) in [4.78, 5) is 108. The molecule has 2 heterocycles. The number of fused-ring (bicyclic) bond motifs is 6. The zero-order chi connectivity index (χ0) is 48.5. The lowest BCUT2D eigenvalue weighted by molar-refractivity contribution is -0.387. The van der Waals surface area contributed by atoms with Crippen molar-refractivity contribution in [1.29, 1.82) is 0 Å². The number of nitro benzene ring substituents is 2. The van der Waals surface area contributed by atoms with Gasteiger partial charge in [0.2, 0.25) is 11.8 Å². The Labute approximate surface area is 378 Å². The summed E-state index contributed by atoms with van der Waals surface area (Å²) in [5.74, 6) is -4.02. The van der Waals surface area contributed by atoms with Gasteiger partial charge in [-0.1, -0.05) is 77.1 Å². The molecule has 6 atom stereocenters. The van der Waals surface area contributed by atoms with E-state index in [1.54, 1.807) is 29.7 Å². The van der Waals surface area contributed by atoms with E-state index >= 15 is 4.79 Å². The minimum absolute atomic E-state index is 0.0626. The normalized spacial score (nSPS) is 27.1. The van der Waals surface area contributed by atoms with Gasteiger partial charge in [-0.3, -0.25) is 59.8 Å². The van der Waals surface area contributed by atoms with Crippen LogP contribution in [0.15, 0.2) is 66.7 Å². The summed E-state index contributed by atoms with van der Waals surface area (Å²) in [6, 6.07) is 14.2. The van der Waals surface area contributed by atoms with E-state index in [1.165, 1.54) is 30.3 Å². The van der Waals surface area contributed by atoms with Crippen molar-refractivity contribution in [1.82, 2.24) is 20.4 Å². The first-order valence-corrected chi connectivity index (χ1v) is 21.5. The molecule has 6 amide bonds. The summed E-state index contributed by atoms with van der Waals surface area (Å²) in [7, 11) is 0. The van der Waals surface area contributed by atoms with E-state index in [0.29, 0.717) is 30.4 Å². The smallest absolute Gasteiger partial charge is 0.411 e. The van der Waals surface area contributed by atoms with Gasteiger partial charge in [0.15, 0.2) is 0 Å². The number of nitrogens with zero attached hydrogens (tertiary/aromatic N) is 4. The maximum atomic E-state index is 15.0. The Balaban J connectivity index is 1.53. The van der Waals surface area contributed by atoms with E-state index in [1.807, 2.05) is 61.7 Å². The fourth-order valence-corrected chi connectivity index (χ4v) is 11.8. The highest BCUT2D eigenvalue weighted by Gasteiger charge is 2.68. The minimum Gasteiger partial charge on any atom is -0.465 e. The molecule has 4 bridgehead atoms. The lowest BCUT2D eigenvalue weighted by Crippen LogP contribution is -2.70. The lowest BCUT2D eigenvalue weighted by Gasteiger charge is -2.56. The molecule has 4 aliphatic carbocycles. The number of nitrogens with one attached hydrogen (secondary N) is 2. The summed E-state index contributed by atoms with van der Waals surface area (Å²) in [6.07, 6.45) is -1.37. The largest absolute Gasteiger partial charge is 0.465 e. The zero-order valence-electron chi connectivity index (χ0n) is 37.1. The molecule has 2 fully saturated rings. The van der Waals surface area contributed by atoms with Crippen LogP contribution < -0.4 is 22.1 Å². The van der Waals surface area contributed by atoms with Gasteiger partial charge < -0.3 is 21.7 Å². The van der Waals surface area contributed by atoms with Gasteiger partial charge in [-0.25, -0.2) is 9.59 Å². The summed E-state index contributed by atoms with van der Waals surface area (Å²) in [6.45, 7) is 9.31. The third-order valence-corrected chi connectivity index (χ3v) is 14.4. The van der Waals surface area contributed by atoms with Gasteiger partial charge in [0.25, 0.3) is 23.2 Å². The van der Waals surface area contributed by atoms with E-state index in [-0.39, 0.29) is 47.2 Å². The molecule has 348 valence electrons. The highest BCUT2D eigenvalue weighted by molar-refractivity contribution is 6.02. The Morgan fingerprint density at radius 3 is 1.59 bits per heavy atom. The zero-order valence-corrected chi connectivity index (χ0v) is 37.1. The number of primary amides is 2. The third-order valence-electron chi connectivity index (χ3n) is 14.4. The lowest BCUT2D eigenvalue weighted by atomic mass is 9.55. The Kier molecular flexibility index (Phi) is 11.7. The fourth-order valence-electron chi connectivity index (χ4n) is 11.8. The summed E-state index contributed by atoms with van der Waals surface area (Å²) < 4.78 is 0. The number of nitrogens with two attached hydrogens (primary N) is 2. The maximum absolute atomic E-state index is 15.0. The van der Waals surface area contributed by atoms with Crippen LogP contribution in [-0.4, -0.2) is 90.8 Å². The van der Waals surface area contributed by atoms with Crippen molar-refractivity contribution in [3.63, 3.8) is 0 Å². The van der Waals surface area contributed by atoms with Crippen LogP contribution in [0.25, 0.3) is 5.57 Å². The molecule has 9 rings (SSSR count). The number of likely N-dealkylation sites (tertiary alicyclic amines) is 2. The molecule has 0 saturated carbocycles. The highest BCUT2D eigenvalue weighted by atomic mass is 16.6. The summed E-state index contributed by atoms with van der Waals surface area (Å²) in [5.41, 5.74) is 4.83. The molecule has 0 spiro atoms. The molecular weight excluding hydrogens is 857 g/mol. The van der Waals surface area contributed by atoms with Gasteiger partial charge in [0.1, 0.15) is 11.1 Å². The Hall–Kier alpha value is -7.06. The number of rotatable bonds is 13. The number of carboxylic acid groups (broad SMARTS) is 2. The highest BCUT2D eigenvalue weighted by Crippen LogP contribution is 2.61. The second-order valence-electron chi connectivity index (χ2n) is 19.1. The van der Waals surface area contributed by atoms with Gasteiger partial charge in [-0.05, 0) is 71.1 Å². The Bertz CT molecular complexity index is 2640.